The van der Waals surface area contributed by atoms with Crippen molar-refractivity contribution in [3.63, 3.8) is 0 Å². The first kappa shape index (κ1) is 11.1. The second-order valence-corrected chi connectivity index (χ2v) is 3.66. The summed E-state index contributed by atoms with van der Waals surface area (Å²) in [6, 6.07) is 1.83. The molecule has 1 N–H and O–H groups in total. The highest BCUT2D eigenvalue weighted by Crippen LogP contribution is 2.06. The van der Waals surface area contributed by atoms with Crippen LogP contribution in [-0.2, 0) is 11.3 Å². The monoisotopic (exact) mass is 217 g/mol. The molecule has 0 aliphatic carbocycles. The lowest BCUT2D eigenvalue weighted by Crippen LogP contribution is -2.30. The summed E-state index contributed by atoms with van der Waals surface area (Å²) in [7, 11) is 1.81. The number of halogens is 1. The summed E-state index contributed by atoms with van der Waals surface area (Å²) in [4.78, 5) is 12.3. The molecule has 5 heteroatoms. The van der Waals surface area contributed by atoms with Crippen LogP contribution >= 0.6 is 11.6 Å². The summed E-state index contributed by atoms with van der Waals surface area (Å²) in [5.41, 5.74) is 1.00. The van der Waals surface area contributed by atoms with E-state index in [9.17, 15) is 4.79 Å². The van der Waals surface area contributed by atoms with Crippen molar-refractivity contribution in [1.29, 1.82) is 0 Å². The zero-order chi connectivity index (χ0) is 10.6. The minimum atomic E-state index is -0.995. The minimum absolute atomic E-state index is 0.308. The zero-order valence-corrected chi connectivity index (χ0v) is 8.57. The summed E-state index contributed by atoms with van der Waals surface area (Å²) >= 11 is 5.59. The van der Waals surface area contributed by atoms with Crippen LogP contribution in [0, 0.1) is 0 Å². The Morgan fingerprint density at radius 3 is 3.00 bits per heavy atom. The Balaban J connectivity index is 2.36. The summed E-state index contributed by atoms with van der Waals surface area (Å²) in [6.45, 7) is 0.940. The highest BCUT2D eigenvalue weighted by atomic mass is 35.5. The van der Waals surface area contributed by atoms with Crippen LogP contribution in [0.15, 0.2) is 23.0 Å². The van der Waals surface area contributed by atoms with Gasteiger partial charge in [-0.1, -0.05) is 0 Å². The molecule has 4 nitrogen and oxygen atoms in total. The second kappa shape index (κ2) is 5.02. The fraction of sp³-hybridized carbons (Fsp3) is 0.444. The maximum Gasteiger partial charge on any atom is 0.322 e. The van der Waals surface area contributed by atoms with Crippen LogP contribution in [0.5, 0.6) is 0 Å². The van der Waals surface area contributed by atoms with Gasteiger partial charge in [0.05, 0.1) is 12.5 Å². The zero-order valence-electron chi connectivity index (χ0n) is 7.81. The molecule has 0 saturated carbocycles. The van der Waals surface area contributed by atoms with Crippen molar-refractivity contribution >= 4 is 17.6 Å². The lowest BCUT2D eigenvalue weighted by Gasteiger charge is -2.16. The lowest BCUT2D eigenvalue weighted by atomic mass is 10.3. The number of rotatable bonds is 5. The van der Waals surface area contributed by atoms with Crippen LogP contribution in [0.3, 0.4) is 0 Å². The molecular weight excluding hydrogens is 206 g/mol. The molecule has 0 aliphatic rings. The van der Waals surface area contributed by atoms with E-state index < -0.39 is 11.3 Å². The van der Waals surface area contributed by atoms with Crippen LogP contribution < -0.4 is 0 Å². The van der Waals surface area contributed by atoms with Crippen molar-refractivity contribution < 1.29 is 14.3 Å². The lowest BCUT2D eigenvalue weighted by molar-refractivity contribution is -0.136. The Kier molecular flexibility index (Phi) is 3.98. The van der Waals surface area contributed by atoms with E-state index in [1.54, 1.807) is 12.5 Å². The molecule has 1 heterocycles. The normalized spacial score (nSPS) is 13.1. The Morgan fingerprint density at radius 2 is 2.50 bits per heavy atom. The molecule has 1 aromatic heterocycles. The van der Waals surface area contributed by atoms with Gasteiger partial charge in [0.2, 0.25) is 0 Å². The number of hydrogen-bond donors (Lipinski definition) is 1. The van der Waals surface area contributed by atoms with E-state index in [4.69, 9.17) is 21.1 Å². The number of aliphatic carboxylic acids is 1. The molecule has 78 valence electrons. The van der Waals surface area contributed by atoms with E-state index in [1.807, 2.05) is 18.0 Å². The Labute approximate surface area is 87.1 Å². The van der Waals surface area contributed by atoms with E-state index in [-0.39, 0.29) is 0 Å². The molecule has 1 unspecified atom stereocenters. The predicted octanol–water partition coefficient (Wildman–Crippen LogP) is 1.40. The smallest absolute Gasteiger partial charge is 0.322 e. The van der Waals surface area contributed by atoms with Crippen LogP contribution in [0.1, 0.15) is 5.56 Å². The predicted molar refractivity (Wildman–Crippen MR) is 52.3 cm³/mol. The molecule has 0 bridgehead atoms. The fourth-order valence-electron chi connectivity index (χ4n) is 1.11. The van der Waals surface area contributed by atoms with Crippen molar-refractivity contribution in [2.45, 2.75) is 11.9 Å². The minimum Gasteiger partial charge on any atom is -0.480 e. The van der Waals surface area contributed by atoms with Crippen molar-refractivity contribution in [1.82, 2.24) is 4.90 Å². The van der Waals surface area contributed by atoms with Gasteiger partial charge in [0, 0.05) is 18.7 Å². The number of carboxylic acid groups (broad SMARTS) is 1. The van der Waals surface area contributed by atoms with Gasteiger partial charge in [-0.25, -0.2) is 0 Å². The molecular formula is C9H12ClNO3. The standard InChI is InChI=1S/C9H12ClNO3/c1-11(5-8(10)9(12)13)4-7-2-3-14-6-7/h2-3,6,8H,4-5H2,1H3,(H,12,13). The maximum absolute atomic E-state index is 10.5. The molecule has 1 rings (SSSR count). The molecule has 1 aromatic rings. The van der Waals surface area contributed by atoms with Crippen molar-refractivity contribution in [3.05, 3.63) is 24.2 Å². The number of nitrogens with zero attached hydrogens (tertiary/aromatic N) is 1. The molecule has 14 heavy (non-hydrogen) atoms. The number of furan rings is 1. The van der Waals surface area contributed by atoms with Crippen LogP contribution in [0.4, 0.5) is 0 Å². The van der Waals surface area contributed by atoms with Gasteiger partial charge in [-0.15, -0.1) is 11.6 Å². The third-order valence-corrected chi connectivity index (χ3v) is 2.10. The second-order valence-electron chi connectivity index (χ2n) is 3.13. The number of alkyl halides is 1. The van der Waals surface area contributed by atoms with Crippen molar-refractivity contribution in [3.8, 4) is 0 Å². The summed E-state index contributed by atoms with van der Waals surface area (Å²) in [5.74, 6) is -0.995. The molecule has 0 saturated heterocycles. The molecule has 0 spiro atoms. The van der Waals surface area contributed by atoms with Gasteiger partial charge in [0.15, 0.2) is 0 Å². The summed E-state index contributed by atoms with van der Waals surface area (Å²) in [6.07, 6.45) is 3.21. The van der Waals surface area contributed by atoms with Crippen molar-refractivity contribution in [2.75, 3.05) is 13.6 Å². The van der Waals surface area contributed by atoms with Gasteiger partial charge in [-0.2, -0.15) is 0 Å². The average Bonchev–Trinajstić information content (AvgIpc) is 2.56. The van der Waals surface area contributed by atoms with E-state index in [0.717, 1.165) is 5.56 Å². The van der Waals surface area contributed by atoms with Crippen LogP contribution in [0.25, 0.3) is 0 Å². The van der Waals surface area contributed by atoms with E-state index in [0.29, 0.717) is 13.1 Å². The largest absolute Gasteiger partial charge is 0.480 e. The van der Waals surface area contributed by atoms with Gasteiger partial charge in [-0.05, 0) is 13.1 Å². The Morgan fingerprint density at radius 1 is 1.79 bits per heavy atom. The van der Waals surface area contributed by atoms with Gasteiger partial charge in [-0.3, -0.25) is 9.69 Å². The quantitative estimate of drug-likeness (QED) is 0.758. The molecule has 0 amide bonds. The molecule has 0 aromatic carbocycles. The van der Waals surface area contributed by atoms with E-state index >= 15 is 0 Å². The highest BCUT2D eigenvalue weighted by Gasteiger charge is 2.15. The maximum atomic E-state index is 10.5. The molecule has 0 fully saturated rings. The van der Waals surface area contributed by atoms with Crippen molar-refractivity contribution in [2.24, 2.45) is 0 Å². The SMILES string of the molecule is CN(Cc1ccoc1)CC(Cl)C(=O)O. The van der Waals surface area contributed by atoms with E-state index in [2.05, 4.69) is 0 Å². The molecule has 1 atom stereocenters. The van der Waals surface area contributed by atoms with Gasteiger partial charge < -0.3 is 9.52 Å². The average molecular weight is 218 g/mol. The third-order valence-electron chi connectivity index (χ3n) is 1.77. The fourth-order valence-corrected chi connectivity index (χ4v) is 1.35. The number of carboxylic acids is 1. The van der Waals surface area contributed by atoms with E-state index in [1.165, 1.54) is 0 Å². The van der Waals surface area contributed by atoms with Gasteiger partial charge in [0.25, 0.3) is 0 Å². The van der Waals surface area contributed by atoms with Crippen LogP contribution in [-0.4, -0.2) is 34.9 Å². The first-order chi connectivity index (χ1) is 6.59. The van der Waals surface area contributed by atoms with Gasteiger partial charge in [0.1, 0.15) is 5.38 Å². The topological polar surface area (TPSA) is 53.7 Å². The Bertz CT molecular complexity index is 286. The number of carbonyl (C=O) groups is 1. The summed E-state index contributed by atoms with van der Waals surface area (Å²) < 4.78 is 4.89. The number of hydrogen-bond acceptors (Lipinski definition) is 3. The molecule has 0 radical (unpaired) electrons. The third kappa shape index (κ3) is 3.40. The van der Waals surface area contributed by atoms with Crippen LogP contribution in [0.2, 0.25) is 0 Å². The van der Waals surface area contributed by atoms with Gasteiger partial charge >= 0.3 is 5.97 Å². The first-order valence-electron chi connectivity index (χ1n) is 4.16. The Hall–Kier alpha value is -1.00. The summed E-state index contributed by atoms with van der Waals surface area (Å²) in [5, 5.41) is 7.71. The first-order valence-corrected chi connectivity index (χ1v) is 4.59. The molecule has 0 aliphatic heterocycles. The highest BCUT2D eigenvalue weighted by molar-refractivity contribution is 6.29.